The van der Waals surface area contributed by atoms with Gasteiger partial charge in [-0.05, 0) is 97.2 Å². The maximum Gasteiger partial charge on any atom is 0.573 e. The van der Waals surface area contributed by atoms with Crippen LogP contribution in [-0.4, -0.2) is 35.2 Å². The van der Waals surface area contributed by atoms with Gasteiger partial charge in [-0.15, -0.1) is 13.2 Å². The number of carbonyl (C=O) groups is 1. The minimum Gasteiger partial charge on any atom is -0.406 e. The number of benzene rings is 3. The van der Waals surface area contributed by atoms with E-state index >= 15 is 0 Å². The molecule has 1 unspecified atom stereocenters. The molecule has 1 amide bonds. The number of nitrogens with zero attached hydrogens (tertiary/aromatic N) is 2. The molecular formula is C31H29F3N2O2. The number of carbonyl (C=O) groups excluding carboxylic acids is 1. The van der Waals surface area contributed by atoms with Gasteiger partial charge in [0.15, 0.2) is 0 Å². The number of halogens is 3. The van der Waals surface area contributed by atoms with Crippen molar-refractivity contribution in [2.24, 2.45) is 5.92 Å². The summed E-state index contributed by atoms with van der Waals surface area (Å²) in [6.07, 6.45) is 1.01. The largest absolute Gasteiger partial charge is 0.573 e. The molecule has 1 saturated heterocycles. The van der Waals surface area contributed by atoms with Crippen molar-refractivity contribution in [1.29, 1.82) is 0 Å². The van der Waals surface area contributed by atoms with E-state index in [2.05, 4.69) is 34.0 Å². The molecule has 0 radical (unpaired) electrons. The Morgan fingerprint density at radius 2 is 1.82 bits per heavy atom. The average molecular weight is 519 g/mol. The average Bonchev–Trinajstić information content (AvgIpc) is 3.14. The first-order valence-corrected chi connectivity index (χ1v) is 12.9. The molecule has 0 saturated carbocycles. The Morgan fingerprint density at radius 1 is 1.00 bits per heavy atom. The maximum atomic E-state index is 13.6. The zero-order valence-electron chi connectivity index (χ0n) is 21.2. The highest BCUT2D eigenvalue weighted by atomic mass is 19.4. The predicted octanol–water partition coefficient (Wildman–Crippen LogP) is 7.59. The fourth-order valence-electron chi connectivity index (χ4n) is 5.34. The molecule has 1 aliphatic heterocycles. The number of pyridine rings is 1. The van der Waals surface area contributed by atoms with Gasteiger partial charge in [-0.25, -0.2) is 0 Å². The van der Waals surface area contributed by atoms with Crippen molar-refractivity contribution in [3.05, 3.63) is 95.7 Å². The van der Waals surface area contributed by atoms with E-state index in [1.165, 1.54) is 17.7 Å². The van der Waals surface area contributed by atoms with Crippen LogP contribution in [0.5, 0.6) is 5.75 Å². The molecular weight excluding hydrogens is 489 g/mol. The molecule has 4 nitrogen and oxygen atoms in total. The van der Waals surface area contributed by atoms with Gasteiger partial charge in [0, 0.05) is 30.2 Å². The molecule has 38 heavy (non-hydrogen) atoms. The number of amides is 1. The van der Waals surface area contributed by atoms with Crippen LogP contribution in [0.3, 0.4) is 0 Å². The first kappa shape index (κ1) is 25.8. The number of likely N-dealkylation sites (tertiary alicyclic amines) is 1. The highest BCUT2D eigenvalue weighted by Crippen LogP contribution is 2.31. The van der Waals surface area contributed by atoms with Gasteiger partial charge >= 0.3 is 6.36 Å². The lowest BCUT2D eigenvalue weighted by atomic mass is 9.92. The van der Waals surface area contributed by atoms with Gasteiger partial charge in [0.1, 0.15) is 5.75 Å². The van der Waals surface area contributed by atoms with Crippen LogP contribution in [0.15, 0.2) is 79.0 Å². The number of alkyl halides is 3. The molecule has 0 bridgehead atoms. The van der Waals surface area contributed by atoms with Crippen molar-refractivity contribution >= 4 is 16.8 Å². The van der Waals surface area contributed by atoms with Crippen LogP contribution < -0.4 is 4.74 Å². The standard InChI is InChI=1S/C31H29F3N2O2/c1-21-27(24-10-12-26(13-11-24)38-31(32,33)34)7-2-8-28(21)30(37)36-17-4-5-22(15-18-36)19-23-9-14-29-25(20-23)6-3-16-35-29/h2-3,6-14,16,20,22H,4-5,15,17-19H2,1H3. The molecule has 1 fully saturated rings. The van der Waals surface area contributed by atoms with E-state index in [0.717, 1.165) is 53.3 Å². The fourth-order valence-corrected chi connectivity index (χ4v) is 5.34. The van der Waals surface area contributed by atoms with Gasteiger partial charge in [-0.3, -0.25) is 9.78 Å². The lowest BCUT2D eigenvalue weighted by Crippen LogP contribution is -2.32. The van der Waals surface area contributed by atoms with E-state index in [4.69, 9.17) is 0 Å². The van der Waals surface area contributed by atoms with Crippen molar-refractivity contribution in [2.45, 2.75) is 39.0 Å². The number of hydrogen-bond donors (Lipinski definition) is 0. The van der Waals surface area contributed by atoms with Gasteiger partial charge in [0.05, 0.1) is 5.52 Å². The lowest BCUT2D eigenvalue weighted by Gasteiger charge is -2.22. The Balaban J connectivity index is 1.26. The molecule has 1 atom stereocenters. The van der Waals surface area contributed by atoms with Crippen molar-refractivity contribution in [3.8, 4) is 16.9 Å². The first-order valence-electron chi connectivity index (χ1n) is 12.9. The van der Waals surface area contributed by atoms with Gasteiger partial charge in [0.2, 0.25) is 0 Å². The Hall–Kier alpha value is -3.87. The number of fused-ring (bicyclic) bond motifs is 1. The Labute approximate surface area is 220 Å². The zero-order chi connectivity index (χ0) is 26.7. The van der Waals surface area contributed by atoms with E-state index in [0.29, 0.717) is 24.6 Å². The monoisotopic (exact) mass is 518 g/mol. The van der Waals surface area contributed by atoms with E-state index in [-0.39, 0.29) is 11.7 Å². The van der Waals surface area contributed by atoms with Crippen LogP contribution in [0.2, 0.25) is 0 Å². The minimum absolute atomic E-state index is 0.00111. The Kier molecular flexibility index (Phi) is 7.36. The van der Waals surface area contributed by atoms with Crippen molar-refractivity contribution in [3.63, 3.8) is 0 Å². The Bertz CT molecular complexity index is 1430. The normalized spacial score (nSPS) is 16.3. The Morgan fingerprint density at radius 3 is 2.61 bits per heavy atom. The molecule has 0 N–H and O–H groups in total. The second-order valence-electron chi connectivity index (χ2n) is 9.87. The molecule has 5 rings (SSSR count). The predicted molar refractivity (Wildman–Crippen MR) is 142 cm³/mol. The van der Waals surface area contributed by atoms with E-state index in [9.17, 15) is 18.0 Å². The smallest absolute Gasteiger partial charge is 0.406 e. The van der Waals surface area contributed by atoms with Crippen LogP contribution in [0.25, 0.3) is 22.0 Å². The molecule has 2 heterocycles. The third-order valence-corrected chi connectivity index (χ3v) is 7.29. The number of rotatable bonds is 5. The van der Waals surface area contributed by atoms with Crippen LogP contribution in [0, 0.1) is 12.8 Å². The van der Waals surface area contributed by atoms with Crippen molar-refractivity contribution in [2.75, 3.05) is 13.1 Å². The van der Waals surface area contributed by atoms with Crippen LogP contribution in [-0.2, 0) is 6.42 Å². The SMILES string of the molecule is Cc1c(C(=O)N2CCCC(Cc3ccc4ncccc4c3)CC2)cccc1-c1ccc(OC(F)(F)F)cc1. The highest BCUT2D eigenvalue weighted by Gasteiger charge is 2.31. The molecule has 4 aromatic rings. The molecule has 0 spiro atoms. The summed E-state index contributed by atoms with van der Waals surface area (Å²) < 4.78 is 41.5. The summed E-state index contributed by atoms with van der Waals surface area (Å²) >= 11 is 0. The minimum atomic E-state index is -4.73. The summed E-state index contributed by atoms with van der Waals surface area (Å²) in [5.41, 5.74) is 5.27. The summed E-state index contributed by atoms with van der Waals surface area (Å²) in [7, 11) is 0. The van der Waals surface area contributed by atoms with E-state index in [1.54, 1.807) is 18.3 Å². The van der Waals surface area contributed by atoms with Crippen LogP contribution in [0.4, 0.5) is 13.2 Å². The molecule has 7 heteroatoms. The fraction of sp³-hybridized carbons (Fsp3) is 0.290. The molecule has 1 aromatic heterocycles. The van der Waals surface area contributed by atoms with E-state index < -0.39 is 6.36 Å². The summed E-state index contributed by atoms with van der Waals surface area (Å²) in [5.74, 6) is 0.233. The van der Waals surface area contributed by atoms with Crippen LogP contribution >= 0.6 is 0 Å². The van der Waals surface area contributed by atoms with Crippen molar-refractivity contribution < 1.29 is 22.7 Å². The quantitative estimate of drug-likeness (QED) is 0.273. The van der Waals surface area contributed by atoms with Crippen LogP contribution in [0.1, 0.15) is 40.7 Å². The topological polar surface area (TPSA) is 42.4 Å². The van der Waals surface area contributed by atoms with Gasteiger partial charge in [-0.1, -0.05) is 36.4 Å². The van der Waals surface area contributed by atoms with Crippen molar-refractivity contribution in [1.82, 2.24) is 9.88 Å². The highest BCUT2D eigenvalue weighted by molar-refractivity contribution is 5.97. The summed E-state index contributed by atoms with van der Waals surface area (Å²) in [6.45, 7) is 3.30. The zero-order valence-corrected chi connectivity index (χ0v) is 21.2. The van der Waals surface area contributed by atoms with E-state index in [1.807, 2.05) is 36.1 Å². The third kappa shape index (κ3) is 5.98. The molecule has 3 aromatic carbocycles. The second kappa shape index (κ2) is 10.9. The van der Waals surface area contributed by atoms with Gasteiger partial charge in [0.25, 0.3) is 5.91 Å². The third-order valence-electron chi connectivity index (χ3n) is 7.29. The lowest BCUT2D eigenvalue weighted by molar-refractivity contribution is -0.274. The second-order valence-corrected chi connectivity index (χ2v) is 9.87. The molecule has 196 valence electrons. The summed E-state index contributed by atoms with van der Waals surface area (Å²) in [4.78, 5) is 19.9. The number of aromatic nitrogens is 1. The molecule has 1 aliphatic rings. The maximum absolute atomic E-state index is 13.6. The molecule has 0 aliphatic carbocycles. The van der Waals surface area contributed by atoms with Gasteiger partial charge in [-0.2, -0.15) is 0 Å². The summed E-state index contributed by atoms with van der Waals surface area (Å²) in [6, 6.07) is 21.7. The number of hydrogen-bond acceptors (Lipinski definition) is 3. The first-order chi connectivity index (χ1) is 18.3. The number of ether oxygens (including phenoxy) is 1. The van der Waals surface area contributed by atoms with Gasteiger partial charge < -0.3 is 9.64 Å². The summed E-state index contributed by atoms with van der Waals surface area (Å²) in [5, 5.41) is 1.15.